The van der Waals surface area contributed by atoms with Crippen LogP contribution < -0.4 is 5.32 Å². The fourth-order valence-corrected chi connectivity index (χ4v) is 3.56. The van der Waals surface area contributed by atoms with Crippen molar-refractivity contribution in [2.75, 3.05) is 5.32 Å². The summed E-state index contributed by atoms with van der Waals surface area (Å²) < 4.78 is 0. The molecule has 1 aliphatic heterocycles. The highest BCUT2D eigenvalue weighted by Gasteiger charge is 2.30. The van der Waals surface area contributed by atoms with Gasteiger partial charge in [0.1, 0.15) is 5.25 Å². The summed E-state index contributed by atoms with van der Waals surface area (Å²) in [5.74, 6) is -0.429. The smallest absolute Gasteiger partial charge is 0.260 e. The zero-order valence-corrected chi connectivity index (χ0v) is 14.3. The predicted octanol–water partition coefficient (Wildman–Crippen LogP) is 3.95. The number of benzene rings is 2. The highest BCUT2D eigenvalue weighted by Crippen LogP contribution is 2.27. The van der Waals surface area contributed by atoms with Crippen molar-refractivity contribution in [2.45, 2.75) is 18.1 Å². The summed E-state index contributed by atoms with van der Waals surface area (Å²) in [6.07, 6.45) is 0.691. The van der Waals surface area contributed by atoms with Crippen molar-refractivity contribution in [3.63, 3.8) is 0 Å². The third-order valence-corrected chi connectivity index (χ3v) is 4.90. The molecule has 3 rings (SSSR count). The van der Waals surface area contributed by atoms with Crippen molar-refractivity contribution in [1.82, 2.24) is 0 Å². The van der Waals surface area contributed by atoms with Gasteiger partial charge in [0.2, 0.25) is 5.91 Å². The Balaban J connectivity index is 1.54. The number of hydrogen-bond donors (Lipinski definition) is 1. The topological polar surface area (TPSA) is 58.5 Å². The Morgan fingerprint density at radius 3 is 2.54 bits per heavy atom. The monoisotopic (exact) mass is 358 g/mol. The average Bonchev–Trinajstić information content (AvgIpc) is 2.90. The number of nitrogens with zero attached hydrogens (tertiary/aromatic N) is 1. The summed E-state index contributed by atoms with van der Waals surface area (Å²) >= 11 is 7.23. The fraction of sp³-hybridized carbons (Fsp3) is 0.167. The molecule has 2 aromatic rings. The zero-order chi connectivity index (χ0) is 16.9. The highest BCUT2D eigenvalue weighted by molar-refractivity contribution is 8.15. The van der Waals surface area contributed by atoms with Crippen molar-refractivity contribution in [3.05, 3.63) is 65.2 Å². The second kappa shape index (κ2) is 7.64. The molecule has 0 saturated heterocycles. The van der Waals surface area contributed by atoms with E-state index in [2.05, 4.69) is 10.3 Å². The van der Waals surface area contributed by atoms with E-state index in [1.54, 1.807) is 0 Å². The summed E-state index contributed by atoms with van der Waals surface area (Å²) in [6.45, 7) is 0. The van der Waals surface area contributed by atoms with Gasteiger partial charge in [0.05, 0.1) is 5.04 Å². The van der Waals surface area contributed by atoms with Gasteiger partial charge >= 0.3 is 0 Å². The van der Waals surface area contributed by atoms with Crippen LogP contribution in [-0.4, -0.2) is 22.1 Å². The maximum Gasteiger partial charge on any atom is 0.260 e. The number of nitrogens with one attached hydrogen (secondary N) is 1. The second-order valence-corrected chi connectivity index (χ2v) is 7.08. The molecule has 122 valence electrons. The molecule has 24 heavy (non-hydrogen) atoms. The van der Waals surface area contributed by atoms with E-state index in [-0.39, 0.29) is 18.2 Å². The van der Waals surface area contributed by atoms with Crippen molar-refractivity contribution in [2.24, 2.45) is 4.99 Å². The molecular formula is C18H15ClN2O2S. The Morgan fingerprint density at radius 2 is 1.83 bits per heavy atom. The van der Waals surface area contributed by atoms with Crippen LogP contribution in [0.3, 0.4) is 0 Å². The number of carbonyl (C=O) groups is 2. The fourth-order valence-electron chi connectivity index (χ4n) is 2.32. The first-order valence-corrected chi connectivity index (χ1v) is 8.73. The van der Waals surface area contributed by atoms with Gasteiger partial charge in [-0.2, -0.15) is 0 Å². The van der Waals surface area contributed by atoms with Crippen molar-refractivity contribution >= 4 is 45.9 Å². The van der Waals surface area contributed by atoms with Crippen molar-refractivity contribution in [3.8, 4) is 0 Å². The van der Waals surface area contributed by atoms with Gasteiger partial charge in [0.15, 0.2) is 0 Å². The molecule has 0 aromatic heterocycles. The lowest BCUT2D eigenvalue weighted by Gasteiger charge is -2.08. The number of thioether (sulfide) groups is 1. The summed E-state index contributed by atoms with van der Waals surface area (Å²) in [7, 11) is 0. The third-order valence-electron chi connectivity index (χ3n) is 3.49. The van der Waals surface area contributed by atoms with E-state index in [0.717, 1.165) is 16.3 Å². The maximum atomic E-state index is 12.1. The molecule has 1 atom stereocenters. The molecule has 4 nitrogen and oxygen atoms in total. The number of halogens is 1. The quantitative estimate of drug-likeness (QED) is 0.880. The molecule has 6 heteroatoms. The number of rotatable bonds is 5. The largest absolute Gasteiger partial charge is 0.326 e. The molecule has 2 amide bonds. The Bertz CT molecular complexity index is 775. The van der Waals surface area contributed by atoms with E-state index >= 15 is 0 Å². The molecule has 1 N–H and O–H groups in total. The van der Waals surface area contributed by atoms with Crippen LogP contribution in [0.1, 0.15) is 12.0 Å². The van der Waals surface area contributed by atoms with Crippen LogP contribution in [-0.2, 0) is 16.0 Å². The Morgan fingerprint density at radius 1 is 1.12 bits per heavy atom. The number of anilines is 1. The molecular weight excluding hydrogens is 344 g/mol. The lowest BCUT2D eigenvalue weighted by molar-refractivity contribution is -0.121. The molecule has 0 saturated carbocycles. The normalized spacial score (nSPS) is 16.8. The predicted molar refractivity (Wildman–Crippen MR) is 98.7 cm³/mol. The van der Waals surface area contributed by atoms with Crippen LogP contribution >= 0.6 is 23.4 Å². The van der Waals surface area contributed by atoms with Gasteiger partial charge in [-0.3, -0.25) is 9.59 Å². The first-order valence-electron chi connectivity index (χ1n) is 7.47. The minimum Gasteiger partial charge on any atom is -0.326 e. The molecule has 0 radical (unpaired) electrons. The lowest BCUT2D eigenvalue weighted by atomic mass is 10.2. The van der Waals surface area contributed by atoms with E-state index in [0.29, 0.717) is 11.4 Å². The lowest BCUT2D eigenvalue weighted by Crippen LogP contribution is -2.21. The molecule has 1 heterocycles. The Hall–Kier alpha value is -2.11. The average molecular weight is 359 g/mol. The van der Waals surface area contributed by atoms with E-state index < -0.39 is 5.25 Å². The van der Waals surface area contributed by atoms with E-state index in [4.69, 9.17) is 11.6 Å². The number of carbonyl (C=O) groups excluding carboxylic acids is 2. The standard InChI is InChI=1S/C18H15ClN2O2S/c19-13-8-6-12(7-9-13)10-17-21-18(23)15(24-17)11-16(22)20-14-4-2-1-3-5-14/h1-9,15H,10-11H2,(H,20,22)/t15-/m0/s1. The van der Waals surface area contributed by atoms with Crippen molar-refractivity contribution in [1.29, 1.82) is 0 Å². The van der Waals surface area contributed by atoms with Crippen LogP contribution in [0.2, 0.25) is 5.02 Å². The van der Waals surface area contributed by atoms with E-state index in [9.17, 15) is 9.59 Å². The minimum absolute atomic E-state index is 0.117. The van der Waals surface area contributed by atoms with E-state index in [1.807, 2.05) is 54.6 Å². The van der Waals surface area contributed by atoms with Gasteiger partial charge in [-0.05, 0) is 29.8 Å². The molecule has 2 aromatic carbocycles. The summed E-state index contributed by atoms with van der Waals surface area (Å²) in [6, 6.07) is 16.6. The van der Waals surface area contributed by atoms with Gasteiger partial charge in [-0.1, -0.05) is 53.7 Å². The van der Waals surface area contributed by atoms with Crippen LogP contribution in [0.5, 0.6) is 0 Å². The van der Waals surface area contributed by atoms with E-state index in [1.165, 1.54) is 11.8 Å². The number of para-hydroxylation sites is 1. The third kappa shape index (κ3) is 4.46. The molecule has 0 fully saturated rings. The van der Waals surface area contributed by atoms with Crippen LogP contribution in [0.4, 0.5) is 5.69 Å². The van der Waals surface area contributed by atoms with Gasteiger partial charge in [-0.15, -0.1) is 0 Å². The van der Waals surface area contributed by atoms with Crippen molar-refractivity contribution < 1.29 is 9.59 Å². The molecule has 0 bridgehead atoms. The van der Waals surface area contributed by atoms with Crippen LogP contribution in [0.25, 0.3) is 0 Å². The van der Waals surface area contributed by atoms with Crippen LogP contribution in [0.15, 0.2) is 59.6 Å². The summed E-state index contributed by atoms with van der Waals surface area (Å²) in [5.41, 5.74) is 1.76. The maximum absolute atomic E-state index is 12.1. The van der Waals surface area contributed by atoms with Crippen LogP contribution in [0, 0.1) is 0 Å². The Kier molecular flexibility index (Phi) is 5.33. The molecule has 0 aliphatic carbocycles. The van der Waals surface area contributed by atoms with Gasteiger partial charge in [-0.25, -0.2) is 4.99 Å². The minimum atomic E-state index is -0.448. The number of hydrogen-bond acceptors (Lipinski definition) is 3. The molecule has 0 unspecified atom stereocenters. The number of aliphatic imine (C=N–C) groups is 1. The number of amides is 2. The summed E-state index contributed by atoms with van der Waals surface area (Å²) in [4.78, 5) is 28.2. The molecule has 1 aliphatic rings. The van der Waals surface area contributed by atoms with Gasteiger partial charge < -0.3 is 5.32 Å². The van der Waals surface area contributed by atoms with Gasteiger partial charge in [0, 0.05) is 23.6 Å². The second-order valence-electron chi connectivity index (χ2n) is 5.37. The highest BCUT2D eigenvalue weighted by atomic mass is 35.5. The summed E-state index contributed by atoms with van der Waals surface area (Å²) in [5, 5.41) is 3.75. The van der Waals surface area contributed by atoms with Gasteiger partial charge in [0.25, 0.3) is 5.91 Å². The zero-order valence-electron chi connectivity index (χ0n) is 12.7. The first-order chi connectivity index (χ1) is 11.6. The molecule has 0 spiro atoms. The SMILES string of the molecule is O=C(C[C@@H]1SC(Cc2ccc(Cl)cc2)=NC1=O)Nc1ccccc1. The first kappa shape index (κ1) is 16.7. The Labute approximate surface area is 149 Å².